The van der Waals surface area contributed by atoms with E-state index in [4.69, 9.17) is 29.0 Å². The Balaban J connectivity index is 2.19. The Hall–Kier alpha value is -1.17. The highest BCUT2D eigenvalue weighted by Crippen LogP contribution is 2.38. The second kappa shape index (κ2) is 5.68. The molecule has 0 saturated heterocycles. The summed E-state index contributed by atoms with van der Waals surface area (Å²) in [6.07, 6.45) is 3.63. The lowest BCUT2D eigenvalue weighted by atomic mass is 9.98. The van der Waals surface area contributed by atoms with Crippen LogP contribution in [0.3, 0.4) is 0 Å². The van der Waals surface area contributed by atoms with Gasteiger partial charge in [-0.3, -0.25) is 10.8 Å². The Morgan fingerprint density at radius 3 is 2.65 bits per heavy atom. The molecule has 1 unspecified atom stereocenters. The fraction of sp³-hybridized carbons (Fsp3) is 0.0714. The molecule has 3 nitrogen and oxygen atoms in total. The normalized spacial score (nSPS) is 12.8. The van der Waals surface area contributed by atoms with Crippen molar-refractivity contribution in [3.8, 4) is 0 Å². The zero-order chi connectivity index (χ0) is 14.1. The van der Waals surface area contributed by atoms with Gasteiger partial charge in [-0.15, -0.1) is 11.3 Å². The number of nitrogens with zero attached hydrogens (tertiary/aromatic N) is 1. The fourth-order valence-electron chi connectivity index (χ4n) is 2.27. The minimum atomic E-state index is -0.246. The predicted octanol–water partition coefficient (Wildman–Crippen LogP) is 4.16. The van der Waals surface area contributed by atoms with Gasteiger partial charge in [0, 0.05) is 28.9 Å². The van der Waals surface area contributed by atoms with Crippen molar-refractivity contribution in [2.45, 2.75) is 6.04 Å². The van der Waals surface area contributed by atoms with Crippen LogP contribution in [0.4, 0.5) is 0 Å². The molecule has 0 radical (unpaired) electrons. The summed E-state index contributed by atoms with van der Waals surface area (Å²) in [4.78, 5) is 4.28. The SMILES string of the molecule is NNC(c1cc(Cl)sc1Cl)c1cncc2ccccc12. The minimum Gasteiger partial charge on any atom is -0.271 e. The van der Waals surface area contributed by atoms with Crippen LogP contribution in [0.5, 0.6) is 0 Å². The molecule has 0 aliphatic rings. The van der Waals surface area contributed by atoms with Crippen LogP contribution in [-0.2, 0) is 0 Å². The Morgan fingerprint density at radius 1 is 1.15 bits per heavy atom. The first-order chi connectivity index (χ1) is 9.70. The number of pyridine rings is 1. The molecular formula is C14H11Cl2N3S. The number of hydrogen-bond acceptors (Lipinski definition) is 4. The van der Waals surface area contributed by atoms with E-state index in [1.807, 2.05) is 36.5 Å². The highest BCUT2D eigenvalue weighted by molar-refractivity contribution is 7.20. The number of rotatable bonds is 3. The van der Waals surface area contributed by atoms with Gasteiger partial charge < -0.3 is 0 Å². The quantitative estimate of drug-likeness (QED) is 0.562. The number of nitrogens with one attached hydrogen (secondary N) is 1. The summed E-state index contributed by atoms with van der Waals surface area (Å²) < 4.78 is 1.27. The number of benzene rings is 1. The van der Waals surface area contributed by atoms with E-state index in [1.165, 1.54) is 11.3 Å². The molecule has 0 spiro atoms. The topological polar surface area (TPSA) is 50.9 Å². The van der Waals surface area contributed by atoms with E-state index in [0.717, 1.165) is 21.9 Å². The van der Waals surface area contributed by atoms with E-state index in [0.29, 0.717) is 8.67 Å². The summed E-state index contributed by atoms with van der Waals surface area (Å²) in [6, 6.07) is 9.61. The van der Waals surface area contributed by atoms with Crippen molar-refractivity contribution in [1.29, 1.82) is 0 Å². The lowest BCUT2D eigenvalue weighted by Crippen LogP contribution is -2.29. The lowest BCUT2D eigenvalue weighted by molar-refractivity contribution is 0.641. The first-order valence-corrected chi connectivity index (χ1v) is 7.51. The van der Waals surface area contributed by atoms with Crippen molar-refractivity contribution in [2.75, 3.05) is 0 Å². The van der Waals surface area contributed by atoms with E-state index in [9.17, 15) is 0 Å². The molecule has 0 bridgehead atoms. The fourth-order valence-corrected chi connectivity index (χ4v) is 3.80. The van der Waals surface area contributed by atoms with Crippen LogP contribution in [0.15, 0.2) is 42.7 Å². The van der Waals surface area contributed by atoms with Gasteiger partial charge in [-0.1, -0.05) is 47.5 Å². The molecule has 3 rings (SSSR count). The number of nitrogens with two attached hydrogens (primary N) is 1. The van der Waals surface area contributed by atoms with Gasteiger partial charge in [0.1, 0.15) is 0 Å². The summed E-state index contributed by atoms with van der Waals surface area (Å²) in [6.45, 7) is 0. The van der Waals surface area contributed by atoms with E-state index in [2.05, 4.69) is 10.4 Å². The zero-order valence-corrected chi connectivity index (χ0v) is 12.6. The lowest BCUT2D eigenvalue weighted by Gasteiger charge is -2.17. The Morgan fingerprint density at radius 2 is 1.95 bits per heavy atom. The molecule has 6 heteroatoms. The van der Waals surface area contributed by atoms with Gasteiger partial charge >= 0.3 is 0 Å². The third-order valence-electron chi connectivity index (χ3n) is 3.17. The van der Waals surface area contributed by atoms with Crippen molar-refractivity contribution in [3.63, 3.8) is 0 Å². The number of hydrogen-bond donors (Lipinski definition) is 2. The van der Waals surface area contributed by atoms with Gasteiger partial charge in [0.2, 0.25) is 0 Å². The maximum Gasteiger partial charge on any atom is 0.0995 e. The van der Waals surface area contributed by atoms with Gasteiger partial charge in [0.05, 0.1) is 14.7 Å². The second-order valence-electron chi connectivity index (χ2n) is 4.33. The van der Waals surface area contributed by atoms with E-state index in [1.54, 1.807) is 6.20 Å². The molecule has 3 aromatic rings. The number of halogens is 2. The molecule has 1 atom stereocenters. The Bertz CT molecular complexity index is 752. The van der Waals surface area contributed by atoms with E-state index >= 15 is 0 Å². The molecule has 0 saturated carbocycles. The third-order valence-corrected chi connectivity index (χ3v) is 4.69. The molecule has 102 valence electrons. The molecule has 0 amide bonds. The van der Waals surface area contributed by atoms with Gasteiger partial charge in [-0.25, -0.2) is 5.43 Å². The molecular weight excluding hydrogens is 313 g/mol. The third kappa shape index (κ3) is 2.41. The first kappa shape index (κ1) is 13.8. The van der Waals surface area contributed by atoms with Crippen LogP contribution in [0.1, 0.15) is 17.2 Å². The molecule has 0 aliphatic heterocycles. The highest BCUT2D eigenvalue weighted by Gasteiger charge is 2.20. The zero-order valence-electron chi connectivity index (χ0n) is 10.3. The van der Waals surface area contributed by atoms with Crippen LogP contribution in [0.25, 0.3) is 10.8 Å². The average Bonchev–Trinajstić information content (AvgIpc) is 2.79. The molecule has 0 aliphatic carbocycles. The number of hydrazine groups is 1. The van der Waals surface area contributed by atoms with Crippen molar-refractivity contribution in [2.24, 2.45) is 5.84 Å². The maximum absolute atomic E-state index is 6.24. The monoisotopic (exact) mass is 323 g/mol. The molecule has 2 heterocycles. The van der Waals surface area contributed by atoms with Gasteiger partial charge in [-0.2, -0.15) is 0 Å². The highest BCUT2D eigenvalue weighted by atomic mass is 35.5. The molecule has 1 aromatic carbocycles. The van der Waals surface area contributed by atoms with Gasteiger partial charge in [-0.05, 0) is 11.5 Å². The van der Waals surface area contributed by atoms with Crippen molar-refractivity contribution in [3.05, 3.63) is 62.5 Å². The van der Waals surface area contributed by atoms with Crippen molar-refractivity contribution >= 4 is 45.3 Å². The smallest absolute Gasteiger partial charge is 0.0995 e. The summed E-state index contributed by atoms with van der Waals surface area (Å²) in [7, 11) is 0. The Labute approximate surface area is 130 Å². The summed E-state index contributed by atoms with van der Waals surface area (Å²) >= 11 is 13.6. The van der Waals surface area contributed by atoms with Crippen LogP contribution in [0, 0.1) is 0 Å². The summed E-state index contributed by atoms with van der Waals surface area (Å²) in [5.41, 5.74) is 4.64. The standard InChI is InChI=1S/C14H11Cl2N3S/c15-12-5-10(14(16)20-12)13(19-17)11-7-18-6-8-3-1-2-4-9(8)11/h1-7,13,19H,17H2. The van der Waals surface area contributed by atoms with Crippen LogP contribution in [-0.4, -0.2) is 4.98 Å². The summed E-state index contributed by atoms with van der Waals surface area (Å²) in [5, 5.41) is 2.14. The van der Waals surface area contributed by atoms with E-state index < -0.39 is 0 Å². The van der Waals surface area contributed by atoms with E-state index in [-0.39, 0.29) is 6.04 Å². The predicted molar refractivity (Wildman–Crippen MR) is 85.2 cm³/mol. The number of thiophene rings is 1. The van der Waals surface area contributed by atoms with Crippen molar-refractivity contribution < 1.29 is 0 Å². The number of aromatic nitrogens is 1. The molecule has 3 N–H and O–H groups in total. The first-order valence-electron chi connectivity index (χ1n) is 5.94. The largest absolute Gasteiger partial charge is 0.271 e. The minimum absolute atomic E-state index is 0.246. The second-order valence-corrected chi connectivity index (χ2v) is 6.61. The van der Waals surface area contributed by atoms with Crippen LogP contribution >= 0.6 is 34.5 Å². The molecule has 0 fully saturated rings. The maximum atomic E-state index is 6.24. The van der Waals surface area contributed by atoms with Crippen LogP contribution in [0.2, 0.25) is 8.67 Å². The number of fused-ring (bicyclic) bond motifs is 1. The van der Waals surface area contributed by atoms with Gasteiger partial charge in [0.15, 0.2) is 0 Å². The molecule has 2 aromatic heterocycles. The Kier molecular flexibility index (Phi) is 3.92. The van der Waals surface area contributed by atoms with Crippen molar-refractivity contribution in [1.82, 2.24) is 10.4 Å². The van der Waals surface area contributed by atoms with Gasteiger partial charge in [0.25, 0.3) is 0 Å². The summed E-state index contributed by atoms with van der Waals surface area (Å²) in [5.74, 6) is 5.73. The van der Waals surface area contributed by atoms with Crippen LogP contribution < -0.4 is 11.3 Å². The average molecular weight is 324 g/mol. The molecule has 20 heavy (non-hydrogen) atoms.